The lowest BCUT2D eigenvalue weighted by molar-refractivity contribution is -0.148. The van der Waals surface area contributed by atoms with Gasteiger partial charge in [-0.2, -0.15) is 0 Å². The molecule has 0 fully saturated rings. The number of aryl methyl sites for hydroxylation is 1. The predicted octanol–water partition coefficient (Wildman–Crippen LogP) is 4.02. The summed E-state index contributed by atoms with van der Waals surface area (Å²) >= 11 is 1.61. The van der Waals surface area contributed by atoms with Crippen molar-refractivity contribution in [3.63, 3.8) is 0 Å². The molecule has 0 aliphatic rings. The molecule has 0 saturated heterocycles. The number of nitrogens with one attached hydrogen (secondary N) is 1. The minimum atomic E-state index is -0.607. The first-order chi connectivity index (χ1) is 12.5. The number of hydrogen-bond acceptors (Lipinski definition) is 5. The van der Waals surface area contributed by atoms with Crippen molar-refractivity contribution < 1.29 is 9.53 Å². The minimum absolute atomic E-state index is 0.233. The van der Waals surface area contributed by atoms with Gasteiger partial charge in [-0.15, -0.1) is 11.8 Å². The number of hydrogen-bond donors (Lipinski definition) is 1. The topological polar surface area (TPSA) is 72.0 Å². The second kappa shape index (κ2) is 8.19. The molecule has 0 radical (unpaired) electrons. The first-order valence-electron chi connectivity index (χ1n) is 8.41. The molecule has 0 saturated carbocycles. The van der Waals surface area contributed by atoms with Crippen LogP contribution in [0.15, 0.2) is 58.2 Å². The molecular weight excluding hydrogens is 348 g/mol. The number of para-hydroxylation sites is 1. The van der Waals surface area contributed by atoms with Gasteiger partial charge in [0.1, 0.15) is 0 Å². The molecule has 0 bridgehead atoms. The molecule has 3 aromatic rings. The number of aromatic amines is 1. The van der Waals surface area contributed by atoms with Gasteiger partial charge in [0, 0.05) is 10.6 Å². The maximum atomic E-state index is 12.1. The van der Waals surface area contributed by atoms with Crippen LogP contribution in [0.4, 0.5) is 0 Å². The zero-order valence-electron chi connectivity index (χ0n) is 14.7. The van der Waals surface area contributed by atoms with E-state index in [1.165, 1.54) is 5.56 Å². The van der Waals surface area contributed by atoms with Gasteiger partial charge >= 0.3 is 5.97 Å². The van der Waals surface area contributed by atoms with Crippen LogP contribution >= 0.6 is 11.8 Å². The lowest BCUT2D eigenvalue weighted by Crippen LogP contribution is -2.17. The molecule has 1 atom stereocenters. The average molecular weight is 368 g/mol. The molecule has 0 amide bonds. The van der Waals surface area contributed by atoms with Gasteiger partial charge < -0.3 is 9.72 Å². The number of nitrogens with zero attached hydrogens (tertiary/aromatic N) is 1. The molecule has 1 heterocycles. The first kappa shape index (κ1) is 18.2. The second-order valence-electron chi connectivity index (χ2n) is 6.01. The minimum Gasteiger partial charge on any atom is -0.454 e. The van der Waals surface area contributed by atoms with Gasteiger partial charge in [0.25, 0.3) is 5.56 Å². The quantitative estimate of drug-likeness (QED) is 0.526. The van der Waals surface area contributed by atoms with Crippen LogP contribution in [0.5, 0.6) is 0 Å². The van der Waals surface area contributed by atoms with Crippen LogP contribution in [0, 0.1) is 6.92 Å². The van der Waals surface area contributed by atoms with Gasteiger partial charge in [0.15, 0.2) is 11.9 Å². The van der Waals surface area contributed by atoms with E-state index in [0.29, 0.717) is 28.9 Å². The van der Waals surface area contributed by atoms with Crippen molar-refractivity contribution in [1.29, 1.82) is 0 Å². The van der Waals surface area contributed by atoms with E-state index >= 15 is 0 Å². The lowest BCUT2D eigenvalue weighted by atomic mass is 10.2. The van der Waals surface area contributed by atoms with Gasteiger partial charge in [0.05, 0.1) is 17.3 Å². The standard InChI is InChI=1S/C20H20N2O3S/c1-13-7-9-15(10-8-13)26-12-11-18(23)25-14(2)19-21-17-6-4-3-5-16(17)20(24)22-19/h3-10,14H,11-12H2,1-2H3,(H,21,22,24)/t14-/m0/s1. The van der Waals surface area contributed by atoms with Crippen LogP contribution in [0.1, 0.15) is 30.8 Å². The Kier molecular flexibility index (Phi) is 5.73. The molecule has 0 unspecified atom stereocenters. The fourth-order valence-corrected chi connectivity index (χ4v) is 3.33. The van der Waals surface area contributed by atoms with Gasteiger partial charge in [-0.1, -0.05) is 29.8 Å². The SMILES string of the molecule is Cc1ccc(SCCC(=O)O[C@@H](C)c2nc3ccccc3c(=O)[nH]2)cc1. The Morgan fingerprint density at radius 1 is 1.19 bits per heavy atom. The Morgan fingerprint density at radius 3 is 2.69 bits per heavy atom. The number of carbonyl (C=O) groups excluding carboxylic acids is 1. The Bertz CT molecular complexity index is 967. The summed E-state index contributed by atoms with van der Waals surface area (Å²) in [5, 5.41) is 0.518. The predicted molar refractivity (Wildman–Crippen MR) is 103 cm³/mol. The van der Waals surface area contributed by atoms with E-state index in [4.69, 9.17) is 4.74 Å². The molecule has 5 nitrogen and oxygen atoms in total. The van der Waals surface area contributed by atoms with Crippen LogP contribution in [-0.4, -0.2) is 21.7 Å². The number of H-pyrrole nitrogens is 1. The van der Waals surface area contributed by atoms with Gasteiger partial charge in [-0.3, -0.25) is 9.59 Å². The van der Waals surface area contributed by atoms with Crippen molar-refractivity contribution in [3.8, 4) is 0 Å². The Morgan fingerprint density at radius 2 is 1.92 bits per heavy atom. The summed E-state index contributed by atoms with van der Waals surface area (Å²) in [5.74, 6) is 0.678. The highest BCUT2D eigenvalue weighted by atomic mass is 32.2. The summed E-state index contributed by atoms with van der Waals surface area (Å²) < 4.78 is 5.41. The van der Waals surface area contributed by atoms with Crippen molar-refractivity contribution in [2.24, 2.45) is 0 Å². The molecule has 0 aliphatic carbocycles. The number of ether oxygens (including phenoxy) is 1. The summed E-state index contributed by atoms with van der Waals surface area (Å²) in [6.07, 6.45) is -0.315. The third kappa shape index (κ3) is 4.52. The number of rotatable bonds is 6. The number of benzene rings is 2. The zero-order chi connectivity index (χ0) is 18.5. The molecule has 1 N–H and O–H groups in total. The lowest BCUT2D eigenvalue weighted by Gasteiger charge is -2.13. The van der Waals surface area contributed by atoms with E-state index in [9.17, 15) is 9.59 Å². The largest absolute Gasteiger partial charge is 0.454 e. The number of fused-ring (bicyclic) bond motifs is 1. The fraction of sp³-hybridized carbons (Fsp3) is 0.250. The molecule has 1 aromatic heterocycles. The maximum absolute atomic E-state index is 12.1. The highest BCUT2D eigenvalue weighted by Gasteiger charge is 2.15. The Balaban J connectivity index is 1.57. The molecule has 2 aromatic carbocycles. The number of carbonyl (C=O) groups is 1. The zero-order valence-corrected chi connectivity index (χ0v) is 15.5. The normalized spacial score (nSPS) is 12.1. The Labute approximate surface area is 155 Å². The van der Waals surface area contributed by atoms with E-state index in [0.717, 1.165) is 4.90 Å². The molecule has 0 spiro atoms. The van der Waals surface area contributed by atoms with Crippen LogP contribution in [-0.2, 0) is 9.53 Å². The molecular formula is C20H20N2O3S. The molecule has 3 rings (SSSR count). The summed E-state index contributed by atoms with van der Waals surface area (Å²) in [7, 11) is 0. The van der Waals surface area contributed by atoms with Crippen molar-refractivity contribution in [1.82, 2.24) is 9.97 Å². The summed E-state index contributed by atoms with van der Waals surface area (Å²) in [5.41, 5.74) is 1.56. The molecule has 6 heteroatoms. The van der Waals surface area contributed by atoms with Crippen LogP contribution in [0.2, 0.25) is 0 Å². The second-order valence-corrected chi connectivity index (χ2v) is 7.18. The molecule has 134 valence electrons. The van der Waals surface area contributed by atoms with Gasteiger partial charge in [-0.25, -0.2) is 4.98 Å². The van der Waals surface area contributed by atoms with Crippen LogP contribution < -0.4 is 5.56 Å². The fourth-order valence-electron chi connectivity index (χ4n) is 2.50. The number of thioether (sulfide) groups is 1. The van der Waals surface area contributed by atoms with Crippen molar-refractivity contribution >= 4 is 28.6 Å². The average Bonchev–Trinajstić information content (AvgIpc) is 2.63. The monoisotopic (exact) mass is 368 g/mol. The Hall–Kier alpha value is -2.60. The summed E-state index contributed by atoms with van der Waals surface area (Å²) in [6.45, 7) is 3.75. The first-order valence-corrected chi connectivity index (χ1v) is 9.39. The van der Waals surface area contributed by atoms with E-state index in [-0.39, 0.29) is 11.5 Å². The molecule has 0 aliphatic heterocycles. The molecule has 26 heavy (non-hydrogen) atoms. The van der Waals surface area contributed by atoms with Crippen molar-refractivity contribution in [2.75, 3.05) is 5.75 Å². The van der Waals surface area contributed by atoms with E-state index in [2.05, 4.69) is 9.97 Å². The number of aromatic nitrogens is 2. The maximum Gasteiger partial charge on any atom is 0.307 e. The van der Waals surface area contributed by atoms with Crippen molar-refractivity contribution in [2.45, 2.75) is 31.3 Å². The van der Waals surface area contributed by atoms with Gasteiger partial charge in [-0.05, 0) is 38.1 Å². The van der Waals surface area contributed by atoms with Crippen molar-refractivity contribution in [3.05, 3.63) is 70.3 Å². The van der Waals surface area contributed by atoms with Gasteiger partial charge in [0.2, 0.25) is 0 Å². The summed E-state index contributed by atoms with van der Waals surface area (Å²) in [6, 6.07) is 15.3. The van der Waals surface area contributed by atoms with E-state index in [1.54, 1.807) is 36.9 Å². The third-order valence-corrected chi connectivity index (χ3v) is 4.93. The smallest absolute Gasteiger partial charge is 0.307 e. The van der Waals surface area contributed by atoms with E-state index < -0.39 is 6.10 Å². The van der Waals surface area contributed by atoms with Crippen LogP contribution in [0.25, 0.3) is 10.9 Å². The highest BCUT2D eigenvalue weighted by molar-refractivity contribution is 7.99. The third-order valence-electron chi connectivity index (χ3n) is 3.92. The van der Waals surface area contributed by atoms with E-state index in [1.807, 2.05) is 37.3 Å². The number of esters is 1. The summed E-state index contributed by atoms with van der Waals surface area (Å²) in [4.78, 5) is 32.4. The highest BCUT2D eigenvalue weighted by Crippen LogP contribution is 2.20. The van der Waals surface area contributed by atoms with Crippen LogP contribution in [0.3, 0.4) is 0 Å².